The van der Waals surface area contributed by atoms with Crippen molar-refractivity contribution in [1.29, 1.82) is 0 Å². The molecule has 0 saturated heterocycles. The molecule has 3 aromatic rings. The summed E-state index contributed by atoms with van der Waals surface area (Å²) >= 11 is 13.2. The van der Waals surface area contributed by atoms with Crippen molar-refractivity contribution >= 4 is 55.8 Å². The molecule has 0 atom stereocenters. The number of anilines is 1. The molecule has 4 nitrogen and oxygen atoms in total. The van der Waals surface area contributed by atoms with Gasteiger partial charge in [0.05, 0.1) is 10.2 Å². The van der Waals surface area contributed by atoms with Crippen molar-refractivity contribution in [3.63, 3.8) is 0 Å². The third kappa shape index (κ3) is 3.80. The van der Waals surface area contributed by atoms with E-state index in [1.165, 1.54) is 11.3 Å². The summed E-state index contributed by atoms with van der Waals surface area (Å²) in [7, 11) is 0. The van der Waals surface area contributed by atoms with Crippen LogP contribution in [0.2, 0.25) is 10.0 Å². The van der Waals surface area contributed by atoms with Gasteiger partial charge in [-0.3, -0.25) is 10.1 Å². The Morgan fingerprint density at radius 2 is 1.79 bits per heavy atom. The van der Waals surface area contributed by atoms with Crippen LogP contribution in [0.25, 0.3) is 10.2 Å². The van der Waals surface area contributed by atoms with Gasteiger partial charge in [-0.15, -0.1) is 0 Å². The number of benzene rings is 2. The zero-order valence-corrected chi connectivity index (χ0v) is 15.3. The maximum absolute atomic E-state index is 12.5. The van der Waals surface area contributed by atoms with Gasteiger partial charge < -0.3 is 4.74 Å². The van der Waals surface area contributed by atoms with Crippen LogP contribution in [0, 0.1) is 0 Å². The van der Waals surface area contributed by atoms with Crippen molar-refractivity contribution in [2.75, 3.05) is 5.32 Å². The molecule has 1 N–H and O–H groups in total. The van der Waals surface area contributed by atoms with Gasteiger partial charge in [-0.2, -0.15) is 0 Å². The summed E-state index contributed by atoms with van der Waals surface area (Å²) in [5.74, 6) is 0.276. The summed E-state index contributed by atoms with van der Waals surface area (Å²) in [6, 6.07) is 12.3. The number of rotatable bonds is 4. The smallest absolute Gasteiger partial charge is 0.269 e. The summed E-state index contributed by atoms with van der Waals surface area (Å²) in [5.41, 5.74) is -0.278. The highest BCUT2D eigenvalue weighted by Gasteiger charge is 2.30. The first-order valence-corrected chi connectivity index (χ1v) is 8.73. The Kier molecular flexibility index (Phi) is 4.67. The van der Waals surface area contributed by atoms with E-state index < -0.39 is 5.60 Å². The first-order valence-electron chi connectivity index (χ1n) is 7.16. The summed E-state index contributed by atoms with van der Waals surface area (Å²) in [6.45, 7) is 3.39. The molecule has 24 heavy (non-hydrogen) atoms. The van der Waals surface area contributed by atoms with E-state index in [-0.39, 0.29) is 5.91 Å². The lowest BCUT2D eigenvalue weighted by molar-refractivity contribution is -0.128. The summed E-state index contributed by atoms with van der Waals surface area (Å²) in [6.07, 6.45) is 0. The molecule has 0 bridgehead atoms. The highest BCUT2D eigenvalue weighted by Crippen LogP contribution is 2.29. The number of carbonyl (C=O) groups is 1. The van der Waals surface area contributed by atoms with E-state index in [2.05, 4.69) is 10.3 Å². The van der Waals surface area contributed by atoms with Crippen LogP contribution in [-0.2, 0) is 4.79 Å². The molecule has 7 heteroatoms. The molecule has 0 radical (unpaired) electrons. The van der Waals surface area contributed by atoms with Gasteiger partial charge in [0.2, 0.25) is 0 Å². The predicted molar refractivity (Wildman–Crippen MR) is 99.4 cm³/mol. The number of nitrogens with one attached hydrogen (secondary N) is 1. The first-order chi connectivity index (χ1) is 11.3. The lowest BCUT2D eigenvalue weighted by Gasteiger charge is -2.24. The minimum atomic E-state index is -1.07. The SMILES string of the molecule is CC(C)(Oc1ccc(Cl)cc1)C(=O)Nc1nc2ccc(Cl)cc2s1. The Hall–Kier alpha value is -1.82. The quantitative estimate of drug-likeness (QED) is 0.658. The maximum Gasteiger partial charge on any atom is 0.269 e. The summed E-state index contributed by atoms with van der Waals surface area (Å²) in [4.78, 5) is 16.9. The average Bonchev–Trinajstić information content (AvgIpc) is 2.90. The molecule has 0 aliphatic rings. The Bertz CT molecular complexity index is 891. The third-order valence-corrected chi connectivity index (χ3v) is 4.73. The number of hydrogen-bond donors (Lipinski definition) is 1. The predicted octanol–water partition coefficient (Wildman–Crippen LogP) is 5.40. The fourth-order valence-electron chi connectivity index (χ4n) is 2.04. The number of aromatic nitrogens is 1. The van der Waals surface area contributed by atoms with E-state index in [0.717, 1.165) is 10.2 Å². The Balaban J connectivity index is 1.75. The standard InChI is InChI=1S/C17H14Cl2N2O2S/c1-17(2,23-12-6-3-10(18)4-7-12)15(22)21-16-20-13-8-5-11(19)9-14(13)24-16/h3-9H,1-2H3,(H,20,21,22). The summed E-state index contributed by atoms with van der Waals surface area (Å²) < 4.78 is 6.68. The highest BCUT2D eigenvalue weighted by molar-refractivity contribution is 7.22. The fourth-order valence-corrected chi connectivity index (χ4v) is 3.31. The third-order valence-electron chi connectivity index (χ3n) is 3.30. The Morgan fingerprint density at radius 1 is 1.12 bits per heavy atom. The van der Waals surface area contributed by atoms with Gasteiger partial charge in [0.1, 0.15) is 5.75 Å². The van der Waals surface area contributed by atoms with Crippen molar-refractivity contribution in [2.24, 2.45) is 0 Å². The van der Waals surface area contributed by atoms with E-state index in [4.69, 9.17) is 27.9 Å². The molecule has 2 aromatic carbocycles. The molecule has 0 saturated carbocycles. The van der Waals surface area contributed by atoms with Gasteiger partial charge in [0.15, 0.2) is 10.7 Å². The molecule has 124 valence electrons. The van der Waals surface area contributed by atoms with Gasteiger partial charge >= 0.3 is 0 Å². The van der Waals surface area contributed by atoms with Gasteiger partial charge in [0, 0.05) is 10.0 Å². The molecule has 0 unspecified atom stereocenters. The molecule has 0 fully saturated rings. The van der Waals surface area contributed by atoms with E-state index >= 15 is 0 Å². The highest BCUT2D eigenvalue weighted by atomic mass is 35.5. The van der Waals surface area contributed by atoms with Crippen LogP contribution in [0.1, 0.15) is 13.8 Å². The van der Waals surface area contributed by atoms with Crippen molar-refractivity contribution in [3.8, 4) is 5.75 Å². The van der Waals surface area contributed by atoms with Crippen LogP contribution in [0.3, 0.4) is 0 Å². The van der Waals surface area contributed by atoms with E-state index in [1.54, 1.807) is 44.2 Å². The number of hydrogen-bond acceptors (Lipinski definition) is 4. The monoisotopic (exact) mass is 380 g/mol. The molecular weight excluding hydrogens is 367 g/mol. The van der Waals surface area contributed by atoms with Crippen LogP contribution < -0.4 is 10.1 Å². The Labute approximate surface area is 153 Å². The molecule has 1 aromatic heterocycles. The van der Waals surface area contributed by atoms with Crippen molar-refractivity contribution in [1.82, 2.24) is 4.98 Å². The number of thiazole rings is 1. The van der Waals surface area contributed by atoms with Gasteiger partial charge in [-0.1, -0.05) is 34.5 Å². The van der Waals surface area contributed by atoms with Gasteiger partial charge in [-0.25, -0.2) is 4.98 Å². The van der Waals surface area contributed by atoms with Crippen LogP contribution in [0.15, 0.2) is 42.5 Å². The van der Waals surface area contributed by atoms with Crippen LogP contribution >= 0.6 is 34.5 Å². The number of nitrogens with zero attached hydrogens (tertiary/aromatic N) is 1. The van der Waals surface area contributed by atoms with E-state index in [1.807, 2.05) is 12.1 Å². The zero-order valence-electron chi connectivity index (χ0n) is 13.0. The zero-order chi connectivity index (χ0) is 17.3. The van der Waals surface area contributed by atoms with Crippen LogP contribution in [-0.4, -0.2) is 16.5 Å². The van der Waals surface area contributed by atoms with Crippen molar-refractivity contribution in [2.45, 2.75) is 19.4 Å². The molecule has 1 amide bonds. The second kappa shape index (κ2) is 6.59. The average molecular weight is 381 g/mol. The van der Waals surface area contributed by atoms with Crippen LogP contribution in [0.5, 0.6) is 5.75 Å². The van der Waals surface area contributed by atoms with Crippen molar-refractivity contribution < 1.29 is 9.53 Å². The number of carbonyl (C=O) groups excluding carboxylic acids is 1. The minimum absolute atomic E-state index is 0.289. The first kappa shape index (κ1) is 17.0. The number of halogens is 2. The Morgan fingerprint density at radius 3 is 2.50 bits per heavy atom. The lowest BCUT2D eigenvalue weighted by Crippen LogP contribution is -2.42. The molecule has 3 rings (SSSR count). The number of fused-ring (bicyclic) bond motifs is 1. The maximum atomic E-state index is 12.5. The van der Waals surface area contributed by atoms with E-state index in [0.29, 0.717) is 20.9 Å². The second-order valence-electron chi connectivity index (χ2n) is 5.65. The van der Waals surface area contributed by atoms with Gasteiger partial charge in [-0.05, 0) is 56.3 Å². The largest absolute Gasteiger partial charge is 0.478 e. The topological polar surface area (TPSA) is 51.2 Å². The molecular formula is C17H14Cl2N2O2S. The minimum Gasteiger partial charge on any atom is -0.478 e. The van der Waals surface area contributed by atoms with Gasteiger partial charge in [0.25, 0.3) is 5.91 Å². The van der Waals surface area contributed by atoms with Crippen LogP contribution in [0.4, 0.5) is 5.13 Å². The second-order valence-corrected chi connectivity index (χ2v) is 7.56. The number of ether oxygens (including phenoxy) is 1. The molecule has 0 aliphatic heterocycles. The normalized spacial score (nSPS) is 11.5. The summed E-state index contributed by atoms with van der Waals surface area (Å²) in [5, 5.41) is 4.55. The number of amides is 1. The molecule has 0 aliphatic carbocycles. The van der Waals surface area contributed by atoms with E-state index in [9.17, 15) is 4.79 Å². The molecule has 0 spiro atoms. The molecule has 1 heterocycles. The van der Waals surface area contributed by atoms with Crippen molar-refractivity contribution in [3.05, 3.63) is 52.5 Å². The lowest BCUT2D eigenvalue weighted by atomic mass is 10.1. The fraction of sp³-hybridized carbons (Fsp3) is 0.176.